The van der Waals surface area contributed by atoms with Gasteiger partial charge in [-0.3, -0.25) is 9.67 Å². The van der Waals surface area contributed by atoms with E-state index in [0.29, 0.717) is 17.1 Å². The van der Waals surface area contributed by atoms with Crippen LogP contribution < -0.4 is 5.73 Å². The molecule has 0 aliphatic rings. The van der Waals surface area contributed by atoms with Gasteiger partial charge in [0.2, 0.25) is 0 Å². The summed E-state index contributed by atoms with van der Waals surface area (Å²) in [7, 11) is 0. The Morgan fingerprint density at radius 2 is 2.12 bits per heavy atom. The molecule has 0 fully saturated rings. The quantitative estimate of drug-likeness (QED) is 0.844. The van der Waals surface area contributed by atoms with E-state index in [1.54, 1.807) is 16.9 Å². The van der Waals surface area contributed by atoms with Crippen molar-refractivity contribution in [2.75, 3.05) is 5.73 Å². The Hall–Kier alpha value is -1.91. The van der Waals surface area contributed by atoms with Gasteiger partial charge in [-0.25, -0.2) is 4.39 Å². The SMILES string of the molecule is CC(C)n1cc(N)c(-c2ccc(F)cn2)n1. The van der Waals surface area contributed by atoms with Crippen LogP contribution in [0.2, 0.25) is 0 Å². The molecule has 0 aliphatic heterocycles. The van der Waals surface area contributed by atoms with Crippen molar-refractivity contribution in [3.63, 3.8) is 0 Å². The zero-order valence-electron chi connectivity index (χ0n) is 9.18. The molecule has 0 unspecified atom stereocenters. The smallest absolute Gasteiger partial charge is 0.141 e. The summed E-state index contributed by atoms with van der Waals surface area (Å²) in [5.74, 6) is -0.370. The number of hydrogen-bond acceptors (Lipinski definition) is 3. The van der Waals surface area contributed by atoms with E-state index < -0.39 is 0 Å². The largest absolute Gasteiger partial charge is 0.396 e. The number of nitrogens with two attached hydrogens (primary N) is 1. The Labute approximate surface area is 92.9 Å². The molecule has 2 rings (SSSR count). The monoisotopic (exact) mass is 220 g/mol. The van der Waals surface area contributed by atoms with Crippen LogP contribution in [0.1, 0.15) is 19.9 Å². The van der Waals surface area contributed by atoms with E-state index in [-0.39, 0.29) is 11.9 Å². The van der Waals surface area contributed by atoms with E-state index in [4.69, 9.17) is 5.73 Å². The van der Waals surface area contributed by atoms with Crippen LogP contribution in [0.15, 0.2) is 24.5 Å². The number of pyridine rings is 1. The fourth-order valence-corrected chi connectivity index (χ4v) is 1.39. The van der Waals surface area contributed by atoms with Gasteiger partial charge in [-0.2, -0.15) is 5.10 Å². The molecule has 4 nitrogen and oxygen atoms in total. The number of hydrogen-bond donors (Lipinski definition) is 1. The highest BCUT2D eigenvalue weighted by Gasteiger charge is 2.11. The Morgan fingerprint density at radius 1 is 1.38 bits per heavy atom. The third kappa shape index (κ3) is 1.88. The first-order valence-corrected chi connectivity index (χ1v) is 5.04. The van der Waals surface area contributed by atoms with Crippen molar-refractivity contribution >= 4 is 5.69 Å². The van der Waals surface area contributed by atoms with Crippen molar-refractivity contribution in [3.8, 4) is 11.4 Å². The molecule has 0 bridgehead atoms. The predicted molar refractivity (Wildman–Crippen MR) is 60.2 cm³/mol. The lowest BCUT2D eigenvalue weighted by atomic mass is 10.2. The van der Waals surface area contributed by atoms with Crippen molar-refractivity contribution in [2.24, 2.45) is 0 Å². The molecule has 0 amide bonds. The molecule has 16 heavy (non-hydrogen) atoms. The highest BCUT2D eigenvalue weighted by atomic mass is 19.1. The van der Waals surface area contributed by atoms with Gasteiger partial charge in [0.15, 0.2) is 0 Å². The topological polar surface area (TPSA) is 56.7 Å². The minimum Gasteiger partial charge on any atom is -0.396 e. The van der Waals surface area contributed by atoms with Gasteiger partial charge in [-0.15, -0.1) is 0 Å². The standard InChI is InChI=1S/C11H13FN4/c1-7(2)16-6-9(13)11(15-16)10-4-3-8(12)5-14-10/h3-7H,13H2,1-2H3. The van der Waals surface area contributed by atoms with Crippen LogP contribution in [-0.4, -0.2) is 14.8 Å². The predicted octanol–water partition coefficient (Wildman–Crippen LogP) is 2.25. The Kier molecular flexibility index (Phi) is 2.60. The minimum atomic E-state index is -0.370. The third-order valence-corrected chi connectivity index (χ3v) is 2.26. The van der Waals surface area contributed by atoms with Crippen LogP contribution in [0.25, 0.3) is 11.4 Å². The molecule has 2 aromatic rings. The molecule has 2 aromatic heterocycles. The van der Waals surface area contributed by atoms with E-state index in [0.717, 1.165) is 6.20 Å². The number of nitrogen functional groups attached to an aromatic ring is 1. The molecule has 0 aliphatic carbocycles. The van der Waals surface area contributed by atoms with Crippen molar-refractivity contribution in [2.45, 2.75) is 19.9 Å². The van der Waals surface area contributed by atoms with Crippen molar-refractivity contribution < 1.29 is 4.39 Å². The van der Waals surface area contributed by atoms with E-state index in [1.165, 1.54) is 6.07 Å². The summed E-state index contributed by atoms with van der Waals surface area (Å²) in [5, 5.41) is 4.32. The van der Waals surface area contributed by atoms with Crippen LogP contribution >= 0.6 is 0 Å². The summed E-state index contributed by atoms with van der Waals surface area (Å²) in [4.78, 5) is 3.95. The Balaban J connectivity index is 2.44. The molecule has 2 heterocycles. The zero-order chi connectivity index (χ0) is 11.7. The first-order chi connectivity index (χ1) is 7.58. The second-order valence-corrected chi connectivity index (χ2v) is 3.87. The summed E-state index contributed by atoms with van der Waals surface area (Å²) < 4.78 is 14.5. The van der Waals surface area contributed by atoms with Gasteiger partial charge in [-0.05, 0) is 26.0 Å². The third-order valence-electron chi connectivity index (χ3n) is 2.26. The maximum absolute atomic E-state index is 12.7. The van der Waals surface area contributed by atoms with Crippen LogP contribution in [0.4, 0.5) is 10.1 Å². The van der Waals surface area contributed by atoms with E-state index in [1.807, 2.05) is 13.8 Å². The number of halogens is 1. The van der Waals surface area contributed by atoms with E-state index in [9.17, 15) is 4.39 Å². The zero-order valence-corrected chi connectivity index (χ0v) is 9.18. The lowest BCUT2D eigenvalue weighted by Crippen LogP contribution is -2.00. The summed E-state index contributed by atoms with van der Waals surface area (Å²) >= 11 is 0. The summed E-state index contributed by atoms with van der Waals surface area (Å²) in [6, 6.07) is 3.14. The molecule has 0 aromatic carbocycles. The minimum absolute atomic E-state index is 0.233. The molecule has 0 saturated carbocycles. The average Bonchev–Trinajstić information content (AvgIpc) is 2.62. The van der Waals surface area contributed by atoms with Crippen LogP contribution in [0.5, 0.6) is 0 Å². The van der Waals surface area contributed by atoms with Crippen LogP contribution in [0.3, 0.4) is 0 Å². The molecule has 0 radical (unpaired) electrons. The Bertz CT molecular complexity index is 487. The summed E-state index contributed by atoms with van der Waals surface area (Å²) in [6.07, 6.45) is 2.91. The molecular weight excluding hydrogens is 207 g/mol. The lowest BCUT2D eigenvalue weighted by Gasteiger charge is -2.03. The lowest BCUT2D eigenvalue weighted by molar-refractivity contribution is 0.534. The Morgan fingerprint density at radius 3 is 2.62 bits per heavy atom. The van der Waals surface area contributed by atoms with Gasteiger partial charge in [0.25, 0.3) is 0 Å². The van der Waals surface area contributed by atoms with Gasteiger partial charge in [0, 0.05) is 12.2 Å². The first-order valence-electron chi connectivity index (χ1n) is 5.04. The second-order valence-electron chi connectivity index (χ2n) is 3.87. The van der Waals surface area contributed by atoms with Gasteiger partial charge in [-0.1, -0.05) is 0 Å². The summed E-state index contributed by atoms with van der Waals surface area (Å²) in [6.45, 7) is 4.02. The maximum atomic E-state index is 12.7. The maximum Gasteiger partial charge on any atom is 0.141 e. The number of nitrogens with zero attached hydrogens (tertiary/aromatic N) is 3. The van der Waals surface area contributed by atoms with Crippen molar-refractivity contribution in [1.82, 2.24) is 14.8 Å². The number of rotatable bonds is 2. The molecular formula is C11H13FN4. The van der Waals surface area contributed by atoms with Crippen molar-refractivity contribution in [1.29, 1.82) is 0 Å². The molecule has 2 N–H and O–H groups in total. The molecule has 0 atom stereocenters. The fraction of sp³-hybridized carbons (Fsp3) is 0.273. The highest BCUT2D eigenvalue weighted by molar-refractivity contribution is 5.68. The average molecular weight is 220 g/mol. The van der Waals surface area contributed by atoms with Crippen LogP contribution in [-0.2, 0) is 0 Å². The first kappa shape index (κ1) is 10.6. The normalized spacial score (nSPS) is 11.0. The van der Waals surface area contributed by atoms with Gasteiger partial charge in [0.1, 0.15) is 11.5 Å². The van der Waals surface area contributed by atoms with Gasteiger partial charge < -0.3 is 5.73 Å². The van der Waals surface area contributed by atoms with Crippen LogP contribution in [0, 0.1) is 5.82 Å². The van der Waals surface area contributed by atoms with Crippen molar-refractivity contribution in [3.05, 3.63) is 30.3 Å². The molecule has 84 valence electrons. The number of aromatic nitrogens is 3. The summed E-state index contributed by atoms with van der Waals surface area (Å²) in [5.41, 5.74) is 7.55. The second kappa shape index (κ2) is 3.92. The molecule has 0 saturated heterocycles. The molecule has 5 heteroatoms. The fourth-order valence-electron chi connectivity index (χ4n) is 1.39. The van der Waals surface area contributed by atoms with Gasteiger partial charge >= 0.3 is 0 Å². The van der Waals surface area contributed by atoms with Gasteiger partial charge in [0.05, 0.1) is 17.6 Å². The van der Waals surface area contributed by atoms with E-state index in [2.05, 4.69) is 10.1 Å². The highest BCUT2D eigenvalue weighted by Crippen LogP contribution is 2.23. The van der Waals surface area contributed by atoms with E-state index >= 15 is 0 Å². The number of anilines is 1. The molecule has 0 spiro atoms.